The fourth-order valence-electron chi connectivity index (χ4n) is 1.80. The van der Waals surface area contributed by atoms with E-state index in [1.54, 1.807) is 0 Å². The highest BCUT2D eigenvalue weighted by Gasteiger charge is 2.08. The quantitative estimate of drug-likeness (QED) is 0.851. The lowest BCUT2D eigenvalue weighted by Crippen LogP contribution is -2.23. The van der Waals surface area contributed by atoms with E-state index >= 15 is 0 Å². The molecule has 0 amide bonds. The maximum atomic E-state index is 8.57. The predicted molar refractivity (Wildman–Crippen MR) is 96.8 cm³/mol. The zero-order valence-corrected chi connectivity index (χ0v) is 14.6. The van der Waals surface area contributed by atoms with E-state index in [9.17, 15) is 0 Å². The predicted octanol–water partition coefficient (Wildman–Crippen LogP) is 3.33. The first kappa shape index (κ1) is 20.3. The highest BCUT2D eigenvalue weighted by molar-refractivity contribution is 5.66. The number of rotatable bonds is 2. The Morgan fingerprint density at radius 1 is 1.27 bits per heavy atom. The van der Waals surface area contributed by atoms with Gasteiger partial charge in [-0.15, -0.1) is 0 Å². The highest BCUT2D eigenvalue weighted by Crippen LogP contribution is 2.21. The lowest BCUT2D eigenvalue weighted by Gasteiger charge is -2.22. The molecule has 0 saturated carbocycles. The van der Waals surface area contributed by atoms with Crippen LogP contribution in [0, 0.1) is 6.92 Å². The van der Waals surface area contributed by atoms with Crippen LogP contribution in [-0.4, -0.2) is 44.1 Å². The van der Waals surface area contributed by atoms with Gasteiger partial charge in [0.15, 0.2) is 0 Å². The summed E-state index contributed by atoms with van der Waals surface area (Å²) < 4.78 is 0. The van der Waals surface area contributed by atoms with Gasteiger partial charge in [-0.2, -0.15) is 0 Å². The molecule has 0 atom stereocenters. The fraction of sp³-hybridized carbons (Fsp3) is 0.474. The Hall–Kier alpha value is -1.67. The molecule has 0 unspecified atom stereocenters. The Kier molecular flexibility index (Phi) is 11.0. The van der Waals surface area contributed by atoms with Crippen LogP contribution in [0.4, 0.5) is 0 Å². The molecule has 122 valence electrons. The van der Waals surface area contributed by atoms with Crippen molar-refractivity contribution in [1.29, 1.82) is 0 Å². The topological polar surface area (TPSA) is 32.3 Å². The van der Waals surface area contributed by atoms with Crippen LogP contribution in [0.25, 0.3) is 5.57 Å². The van der Waals surface area contributed by atoms with E-state index in [0.29, 0.717) is 6.04 Å². The SMILES string of the molecule is C=C=O.CNC(C)C.Cc1ccc(C2=CCN(C)CC2)cc1. The standard InChI is InChI=1S/C13H17N.C4H11N.C2H2O/c1-11-3-5-12(6-4-11)13-7-9-14(2)10-8-13;1-4(2)5-3;1-2-3/h3-7H,8-10H2,1-2H3;4-5H,1-3H3;1H2. The van der Waals surface area contributed by atoms with Gasteiger partial charge in [0.05, 0.1) is 0 Å². The number of hydrogen-bond donors (Lipinski definition) is 1. The number of nitrogens with one attached hydrogen (secondary N) is 1. The lowest BCUT2D eigenvalue weighted by atomic mass is 9.99. The minimum absolute atomic E-state index is 0.634. The molecule has 22 heavy (non-hydrogen) atoms. The van der Waals surface area contributed by atoms with E-state index in [1.807, 2.05) is 7.05 Å². The first-order valence-corrected chi connectivity index (χ1v) is 7.70. The van der Waals surface area contributed by atoms with Crippen molar-refractivity contribution in [2.24, 2.45) is 0 Å². The van der Waals surface area contributed by atoms with E-state index < -0.39 is 0 Å². The minimum Gasteiger partial charge on any atom is -0.318 e. The van der Waals surface area contributed by atoms with Crippen molar-refractivity contribution in [3.05, 3.63) is 48.0 Å². The first-order valence-electron chi connectivity index (χ1n) is 7.70. The molecule has 0 radical (unpaired) electrons. The summed E-state index contributed by atoms with van der Waals surface area (Å²) in [5.41, 5.74) is 4.23. The molecular weight excluding hydrogens is 272 g/mol. The molecule has 0 spiro atoms. The maximum absolute atomic E-state index is 8.57. The van der Waals surface area contributed by atoms with Crippen LogP contribution in [0.1, 0.15) is 31.4 Å². The van der Waals surface area contributed by atoms with Crippen molar-refractivity contribution in [2.45, 2.75) is 33.2 Å². The molecule has 0 saturated heterocycles. The maximum Gasteiger partial charge on any atom is 0.116 e. The zero-order valence-electron chi connectivity index (χ0n) is 14.6. The molecule has 1 aliphatic rings. The number of nitrogens with zero attached hydrogens (tertiary/aromatic N) is 1. The third kappa shape index (κ3) is 9.30. The van der Waals surface area contributed by atoms with E-state index in [1.165, 1.54) is 35.6 Å². The Labute approximate surface area is 135 Å². The van der Waals surface area contributed by atoms with Gasteiger partial charge in [-0.1, -0.05) is 49.8 Å². The molecule has 0 aliphatic carbocycles. The minimum atomic E-state index is 0.634. The highest BCUT2D eigenvalue weighted by atomic mass is 16.1. The average molecular weight is 302 g/mol. The molecule has 0 bridgehead atoms. The number of benzene rings is 1. The van der Waals surface area contributed by atoms with E-state index in [-0.39, 0.29) is 0 Å². The van der Waals surface area contributed by atoms with Crippen LogP contribution >= 0.6 is 0 Å². The number of likely N-dealkylation sites (N-methyl/N-ethyl adjacent to an activating group) is 1. The Morgan fingerprint density at radius 3 is 2.14 bits per heavy atom. The van der Waals surface area contributed by atoms with Crippen LogP contribution in [0.3, 0.4) is 0 Å². The summed E-state index contributed by atoms with van der Waals surface area (Å²) in [4.78, 5) is 10.9. The van der Waals surface area contributed by atoms with Gasteiger partial charge in [-0.05, 0) is 45.2 Å². The van der Waals surface area contributed by atoms with Gasteiger partial charge in [-0.3, -0.25) is 0 Å². The summed E-state index contributed by atoms with van der Waals surface area (Å²) in [5, 5.41) is 3.03. The van der Waals surface area contributed by atoms with Crippen molar-refractivity contribution in [2.75, 3.05) is 27.2 Å². The summed E-state index contributed by atoms with van der Waals surface area (Å²) in [6, 6.07) is 9.47. The molecule has 1 aliphatic heterocycles. The van der Waals surface area contributed by atoms with Crippen LogP contribution in [-0.2, 0) is 4.79 Å². The number of aryl methyl sites for hydroxylation is 1. The van der Waals surface area contributed by atoms with Crippen LogP contribution in [0.15, 0.2) is 36.9 Å². The summed E-state index contributed by atoms with van der Waals surface area (Å²) in [5.74, 6) is 1.25. The van der Waals surface area contributed by atoms with Crippen molar-refractivity contribution in [3.63, 3.8) is 0 Å². The number of hydrogen-bond acceptors (Lipinski definition) is 3. The molecule has 1 aromatic carbocycles. The molecule has 2 rings (SSSR count). The summed E-state index contributed by atoms with van der Waals surface area (Å²) in [7, 11) is 4.12. The van der Waals surface area contributed by atoms with Crippen molar-refractivity contribution in [3.8, 4) is 0 Å². The molecule has 1 aromatic rings. The van der Waals surface area contributed by atoms with E-state index in [4.69, 9.17) is 4.79 Å². The lowest BCUT2D eigenvalue weighted by molar-refractivity contribution is 0.370. The monoisotopic (exact) mass is 302 g/mol. The van der Waals surface area contributed by atoms with Crippen molar-refractivity contribution in [1.82, 2.24) is 10.2 Å². The molecule has 3 heteroatoms. The van der Waals surface area contributed by atoms with Gasteiger partial charge >= 0.3 is 0 Å². The van der Waals surface area contributed by atoms with Gasteiger partial charge in [0.2, 0.25) is 0 Å². The second kappa shape index (κ2) is 11.9. The Balaban J connectivity index is 0.000000465. The molecule has 0 fully saturated rings. The molecule has 1 heterocycles. The van der Waals surface area contributed by atoms with Crippen LogP contribution < -0.4 is 5.32 Å². The van der Waals surface area contributed by atoms with Crippen molar-refractivity contribution >= 4 is 11.5 Å². The van der Waals surface area contributed by atoms with Crippen LogP contribution in [0.2, 0.25) is 0 Å². The summed E-state index contributed by atoms with van der Waals surface area (Å²) in [6.45, 7) is 11.3. The second-order valence-corrected chi connectivity index (χ2v) is 5.70. The Morgan fingerprint density at radius 2 is 1.77 bits per heavy atom. The van der Waals surface area contributed by atoms with E-state index in [0.717, 1.165) is 6.54 Å². The summed E-state index contributed by atoms with van der Waals surface area (Å²) >= 11 is 0. The van der Waals surface area contributed by atoms with Gasteiger partial charge in [-0.25, -0.2) is 4.79 Å². The molecule has 3 nitrogen and oxygen atoms in total. The Bertz CT molecular complexity index is 469. The van der Waals surface area contributed by atoms with Crippen LogP contribution in [0.5, 0.6) is 0 Å². The second-order valence-electron chi connectivity index (χ2n) is 5.70. The summed E-state index contributed by atoms with van der Waals surface area (Å²) in [6.07, 6.45) is 3.52. The molecular formula is C19H30N2O. The van der Waals surface area contributed by atoms with Gasteiger partial charge in [0.1, 0.15) is 5.94 Å². The van der Waals surface area contributed by atoms with Crippen molar-refractivity contribution < 1.29 is 4.79 Å². The molecule has 1 N–H and O–H groups in total. The largest absolute Gasteiger partial charge is 0.318 e. The normalized spacial score (nSPS) is 14.0. The van der Waals surface area contributed by atoms with Gasteiger partial charge in [0.25, 0.3) is 0 Å². The third-order valence-corrected chi connectivity index (χ3v) is 3.41. The van der Waals surface area contributed by atoms with Gasteiger partial charge in [0, 0.05) is 19.1 Å². The fourth-order valence-corrected chi connectivity index (χ4v) is 1.80. The smallest absolute Gasteiger partial charge is 0.116 e. The first-order chi connectivity index (χ1) is 10.4. The number of carbonyl (C=O) groups excluding carboxylic acids is 1. The van der Waals surface area contributed by atoms with Gasteiger partial charge < -0.3 is 10.2 Å². The zero-order chi connectivity index (χ0) is 17.0. The molecule has 0 aromatic heterocycles. The third-order valence-electron chi connectivity index (χ3n) is 3.41. The average Bonchev–Trinajstić information content (AvgIpc) is 2.50. The van der Waals surface area contributed by atoms with E-state index in [2.05, 4.69) is 75.0 Å².